The Hall–Kier alpha value is -2.34. The van der Waals surface area contributed by atoms with Crippen LogP contribution in [0.15, 0.2) is 59.5 Å². The molecule has 0 fully saturated rings. The van der Waals surface area contributed by atoms with E-state index in [4.69, 9.17) is 0 Å². The minimum atomic E-state index is -0.697. The Kier molecular flexibility index (Phi) is 9.01. The first kappa shape index (κ1) is 22.0. The second-order valence-electron chi connectivity index (χ2n) is 6.96. The number of rotatable bonds is 10. The van der Waals surface area contributed by atoms with Gasteiger partial charge >= 0.3 is 0 Å². The van der Waals surface area contributed by atoms with E-state index >= 15 is 0 Å². The molecule has 150 valence electrons. The molecular formula is C22H27FN2O2S. The van der Waals surface area contributed by atoms with Crippen molar-refractivity contribution in [3.63, 3.8) is 0 Å². The Labute approximate surface area is 170 Å². The van der Waals surface area contributed by atoms with Crippen molar-refractivity contribution in [3.8, 4) is 0 Å². The number of hydrogen-bond acceptors (Lipinski definition) is 3. The molecular weight excluding hydrogens is 375 g/mol. The Morgan fingerprint density at radius 3 is 2.36 bits per heavy atom. The van der Waals surface area contributed by atoms with Gasteiger partial charge in [0.05, 0.1) is 0 Å². The average molecular weight is 403 g/mol. The predicted octanol–water partition coefficient (Wildman–Crippen LogP) is 4.33. The van der Waals surface area contributed by atoms with Gasteiger partial charge in [0.15, 0.2) is 0 Å². The summed E-state index contributed by atoms with van der Waals surface area (Å²) in [7, 11) is 0. The van der Waals surface area contributed by atoms with E-state index in [1.54, 1.807) is 23.9 Å². The predicted molar refractivity (Wildman–Crippen MR) is 112 cm³/mol. The molecule has 0 radical (unpaired) electrons. The SMILES string of the molecule is CC(C)CC(=O)NC(C(=O)NCCCSc1ccc(F)cc1)c1ccccc1. The van der Waals surface area contributed by atoms with E-state index in [9.17, 15) is 14.0 Å². The van der Waals surface area contributed by atoms with Crippen LogP contribution in [-0.4, -0.2) is 24.1 Å². The molecule has 2 N–H and O–H groups in total. The molecule has 2 aromatic rings. The van der Waals surface area contributed by atoms with Gasteiger partial charge in [-0.2, -0.15) is 0 Å². The fourth-order valence-electron chi connectivity index (χ4n) is 2.64. The topological polar surface area (TPSA) is 58.2 Å². The van der Waals surface area contributed by atoms with Crippen LogP contribution in [0.25, 0.3) is 0 Å². The Morgan fingerprint density at radius 2 is 1.71 bits per heavy atom. The van der Waals surface area contributed by atoms with Crippen molar-refractivity contribution >= 4 is 23.6 Å². The maximum absolute atomic E-state index is 12.9. The zero-order valence-corrected chi connectivity index (χ0v) is 17.1. The molecule has 0 aromatic heterocycles. The Morgan fingerprint density at radius 1 is 1.04 bits per heavy atom. The molecule has 0 heterocycles. The third-order valence-corrected chi connectivity index (χ3v) is 5.10. The number of amides is 2. The van der Waals surface area contributed by atoms with Crippen LogP contribution < -0.4 is 10.6 Å². The van der Waals surface area contributed by atoms with Crippen molar-refractivity contribution in [2.75, 3.05) is 12.3 Å². The van der Waals surface area contributed by atoms with Gasteiger partial charge in [0, 0.05) is 17.9 Å². The van der Waals surface area contributed by atoms with E-state index < -0.39 is 6.04 Å². The van der Waals surface area contributed by atoms with Gasteiger partial charge in [0.25, 0.3) is 0 Å². The maximum atomic E-state index is 12.9. The van der Waals surface area contributed by atoms with Gasteiger partial charge in [-0.05, 0) is 47.9 Å². The van der Waals surface area contributed by atoms with Gasteiger partial charge in [0.2, 0.25) is 11.8 Å². The highest BCUT2D eigenvalue weighted by atomic mass is 32.2. The van der Waals surface area contributed by atoms with Gasteiger partial charge in [-0.3, -0.25) is 9.59 Å². The van der Waals surface area contributed by atoms with Crippen molar-refractivity contribution in [2.45, 2.75) is 37.6 Å². The fraction of sp³-hybridized carbons (Fsp3) is 0.364. The summed E-state index contributed by atoms with van der Waals surface area (Å²) in [6.07, 6.45) is 1.15. The first-order chi connectivity index (χ1) is 13.5. The zero-order valence-electron chi connectivity index (χ0n) is 16.3. The summed E-state index contributed by atoms with van der Waals surface area (Å²) in [6, 6.07) is 14.9. The zero-order chi connectivity index (χ0) is 20.4. The number of thioether (sulfide) groups is 1. The molecule has 4 nitrogen and oxygen atoms in total. The summed E-state index contributed by atoms with van der Waals surface area (Å²) in [5.41, 5.74) is 0.762. The quantitative estimate of drug-likeness (QED) is 0.459. The molecule has 0 saturated heterocycles. The Bertz CT molecular complexity index is 751. The number of carbonyl (C=O) groups is 2. The summed E-state index contributed by atoms with van der Waals surface area (Å²) < 4.78 is 12.9. The summed E-state index contributed by atoms with van der Waals surface area (Å²) in [5.74, 6) is 0.439. The van der Waals surface area contributed by atoms with Crippen molar-refractivity contribution in [1.29, 1.82) is 0 Å². The van der Waals surface area contributed by atoms with E-state index in [1.165, 1.54) is 12.1 Å². The number of nitrogens with one attached hydrogen (secondary N) is 2. The third-order valence-electron chi connectivity index (χ3n) is 4.00. The van der Waals surface area contributed by atoms with Crippen LogP contribution in [0.2, 0.25) is 0 Å². The monoisotopic (exact) mass is 402 g/mol. The minimum Gasteiger partial charge on any atom is -0.354 e. The number of hydrogen-bond donors (Lipinski definition) is 2. The second kappa shape index (κ2) is 11.5. The number of benzene rings is 2. The summed E-state index contributed by atoms with van der Waals surface area (Å²) in [5, 5.41) is 5.75. The lowest BCUT2D eigenvalue weighted by molar-refractivity contribution is -0.129. The van der Waals surface area contributed by atoms with Gasteiger partial charge in [-0.1, -0.05) is 44.2 Å². The van der Waals surface area contributed by atoms with Crippen molar-refractivity contribution < 1.29 is 14.0 Å². The largest absolute Gasteiger partial charge is 0.354 e. The number of carbonyl (C=O) groups excluding carboxylic acids is 2. The Balaban J connectivity index is 1.84. The van der Waals surface area contributed by atoms with Crippen LogP contribution in [0.5, 0.6) is 0 Å². The van der Waals surface area contributed by atoms with Crippen molar-refractivity contribution in [3.05, 3.63) is 66.0 Å². The van der Waals surface area contributed by atoms with E-state index in [0.717, 1.165) is 22.6 Å². The number of halogens is 1. The third kappa shape index (κ3) is 7.72. The maximum Gasteiger partial charge on any atom is 0.247 e. The molecule has 0 spiro atoms. The highest BCUT2D eigenvalue weighted by molar-refractivity contribution is 7.99. The molecule has 0 aliphatic heterocycles. The molecule has 6 heteroatoms. The highest BCUT2D eigenvalue weighted by Gasteiger charge is 2.22. The van der Waals surface area contributed by atoms with Crippen LogP contribution >= 0.6 is 11.8 Å². The molecule has 0 bridgehead atoms. The molecule has 0 aliphatic rings. The standard InChI is InChI=1S/C22H27FN2O2S/c1-16(2)15-20(26)25-21(17-7-4-3-5-8-17)22(27)24-13-6-14-28-19-11-9-18(23)10-12-19/h3-5,7-12,16,21H,6,13-15H2,1-2H3,(H,24,27)(H,25,26). The second-order valence-corrected chi connectivity index (χ2v) is 8.12. The molecule has 2 rings (SSSR count). The molecule has 28 heavy (non-hydrogen) atoms. The van der Waals surface area contributed by atoms with Crippen LogP contribution in [0.1, 0.15) is 38.3 Å². The van der Waals surface area contributed by atoms with Crippen LogP contribution in [-0.2, 0) is 9.59 Å². The van der Waals surface area contributed by atoms with Gasteiger partial charge in [0.1, 0.15) is 11.9 Å². The fourth-order valence-corrected chi connectivity index (χ4v) is 3.50. The van der Waals surface area contributed by atoms with Crippen LogP contribution in [0.3, 0.4) is 0 Å². The van der Waals surface area contributed by atoms with E-state index in [0.29, 0.717) is 13.0 Å². The van der Waals surface area contributed by atoms with Crippen LogP contribution in [0.4, 0.5) is 4.39 Å². The van der Waals surface area contributed by atoms with E-state index in [1.807, 2.05) is 44.2 Å². The lowest BCUT2D eigenvalue weighted by Gasteiger charge is -2.19. The van der Waals surface area contributed by atoms with Gasteiger partial charge in [-0.15, -0.1) is 11.8 Å². The van der Waals surface area contributed by atoms with Gasteiger partial charge in [-0.25, -0.2) is 4.39 Å². The smallest absolute Gasteiger partial charge is 0.247 e. The van der Waals surface area contributed by atoms with Crippen LogP contribution in [0, 0.1) is 11.7 Å². The lowest BCUT2D eigenvalue weighted by atomic mass is 10.0. The lowest BCUT2D eigenvalue weighted by Crippen LogP contribution is -2.41. The molecule has 2 amide bonds. The summed E-state index contributed by atoms with van der Waals surface area (Å²) in [4.78, 5) is 25.8. The summed E-state index contributed by atoms with van der Waals surface area (Å²) in [6.45, 7) is 4.45. The highest BCUT2D eigenvalue weighted by Crippen LogP contribution is 2.19. The molecule has 0 saturated carbocycles. The summed E-state index contributed by atoms with van der Waals surface area (Å²) >= 11 is 1.62. The van der Waals surface area contributed by atoms with Crippen molar-refractivity contribution in [2.24, 2.45) is 5.92 Å². The molecule has 0 aliphatic carbocycles. The van der Waals surface area contributed by atoms with E-state index in [2.05, 4.69) is 10.6 Å². The average Bonchev–Trinajstić information content (AvgIpc) is 2.67. The minimum absolute atomic E-state index is 0.133. The molecule has 1 atom stereocenters. The van der Waals surface area contributed by atoms with Crippen molar-refractivity contribution in [1.82, 2.24) is 10.6 Å². The van der Waals surface area contributed by atoms with Gasteiger partial charge < -0.3 is 10.6 Å². The first-order valence-corrected chi connectivity index (χ1v) is 10.4. The first-order valence-electron chi connectivity index (χ1n) is 9.46. The molecule has 2 aromatic carbocycles. The van der Waals surface area contributed by atoms with E-state index in [-0.39, 0.29) is 23.5 Å². The normalized spacial score (nSPS) is 11.9. The molecule has 1 unspecified atom stereocenters.